The summed E-state index contributed by atoms with van der Waals surface area (Å²) < 4.78 is 1.87. The predicted octanol–water partition coefficient (Wildman–Crippen LogP) is 0.790. The molecule has 0 fully saturated rings. The number of hydrogen-bond donors (Lipinski definition) is 0. The van der Waals surface area contributed by atoms with Crippen LogP contribution in [0.3, 0.4) is 0 Å². The standard InChI is InChI=1S/C12H13N7/c1-18(6-9-13-4-3-5-14-9)11-10-12(16-7-15-11)19(2)8-17-10/h3-5,7-8H,6H2,1-2H3. The summed E-state index contributed by atoms with van der Waals surface area (Å²) >= 11 is 0. The summed E-state index contributed by atoms with van der Waals surface area (Å²) in [6.45, 7) is 0.573. The maximum absolute atomic E-state index is 4.34. The summed E-state index contributed by atoms with van der Waals surface area (Å²) in [6.07, 6.45) is 6.73. The molecule has 0 N–H and O–H groups in total. The van der Waals surface area contributed by atoms with Gasteiger partial charge in [-0.05, 0) is 6.07 Å². The molecular formula is C12H13N7. The highest BCUT2D eigenvalue weighted by Gasteiger charge is 2.13. The Balaban J connectivity index is 1.96. The number of aromatic nitrogens is 6. The lowest BCUT2D eigenvalue weighted by atomic mass is 10.4. The van der Waals surface area contributed by atoms with E-state index >= 15 is 0 Å². The van der Waals surface area contributed by atoms with Crippen molar-refractivity contribution in [3.05, 3.63) is 36.9 Å². The zero-order chi connectivity index (χ0) is 13.2. The predicted molar refractivity (Wildman–Crippen MR) is 70.4 cm³/mol. The van der Waals surface area contributed by atoms with E-state index in [1.165, 1.54) is 0 Å². The molecule has 3 heterocycles. The monoisotopic (exact) mass is 255 g/mol. The van der Waals surface area contributed by atoms with Crippen molar-refractivity contribution in [1.29, 1.82) is 0 Å². The van der Waals surface area contributed by atoms with Gasteiger partial charge in [0.05, 0.1) is 12.9 Å². The first-order valence-electron chi connectivity index (χ1n) is 5.85. The first-order chi connectivity index (χ1) is 9.25. The number of anilines is 1. The lowest BCUT2D eigenvalue weighted by molar-refractivity contribution is 0.824. The molecular weight excluding hydrogens is 242 g/mol. The second kappa shape index (κ2) is 4.60. The van der Waals surface area contributed by atoms with Crippen molar-refractivity contribution in [2.45, 2.75) is 6.54 Å². The average molecular weight is 255 g/mol. The van der Waals surface area contributed by atoms with E-state index in [0.29, 0.717) is 6.54 Å². The molecule has 0 radical (unpaired) electrons. The maximum atomic E-state index is 4.34. The van der Waals surface area contributed by atoms with Crippen LogP contribution in [0.5, 0.6) is 0 Å². The third-order valence-electron chi connectivity index (χ3n) is 2.84. The Bertz CT molecular complexity index is 692. The number of hydrogen-bond acceptors (Lipinski definition) is 6. The summed E-state index contributed by atoms with van der Waals surface area (Å²) in [4.78, 5) is 23.2. The molecule has 0 saturated carbocycles. The lowest BCUT2D eigenvalue weighted by Gasteiger charge is -2.16. The zero-order valence-electron chi connectivity index (χ0n) is 10.7. The van der Waals surface area contributed by atoms with Crippen LogP contribution in [-0.4, -0.2) is 36.5 Å². The van der Waals surface area contributed by atoms with E-state index in [1.807, 2.05) is 23.6 Å². The van der Waals surface area contributed by atoms with E-state index in [-0.39, 0.29) is 0 Å². The van der Waals surface area contributed by atoms with Crippen LogP contribution in [0.4, 0.5) is 5.82 Å². The molecule has 3 rings (SSSR count). The van der Waals surface area contributed by atoms with Crippen LogP contribution in [0.2, 0.25) is 0 Å². The lowest BCUT2D eigenvalue weighted by Crippen LogP contribution is -2.19. The van der Waals surface area contributed by atoms with Crippen molar-refractivity contribution in [3.63, 3.8) is 0 Å². The van der Waals surface area contributed by atoms with Gasteiger partial charge in [0.2, 0.25) is 0 Å². The van der Waals surface area contributed by atoms with Crippen molar-refractivity contribution in [2.75, 3.05) is 11.9 Å². The van der Waals surface area contributed by atoms with Crippen LogP contribution >= 0.6 is 0 Å². The summed E-state index contributed by atoms with van der Waals surface area (Å²) in [5.41, 5.74) is 1.59. The Labute approximate surface area is 110 Å². The van der Waals surface area contributed by atoms with Crippen molar-refractivity contribution < 1.29 is 0 Å². The van der Waals surface area contributed by atoms with Gasteiger partial charge in [0, 0.05) is 26.5 Å². The molecule has 0 spiro atoms. The number of fused-ring (bicyclic) bond motifs is 1. The SMILES string of the molecule is CN(Cc1ncccn1)c1ncnc2c1ncn2C. The van der Waals surface area contributed by atoms with Crippen LogP contribution in [0.25, 0.3) is 11.2 Å². The van der Waals surface area contributed by atoms with Crippen molar-refractivity contribution >= 4 is 17.0 Å². The van der Waals surface area contributed by atoms with Gasteiger partial charge in [-0.15, -0.1) is 0 Å². The fourth-order valence-corrected chi connectivity index (χ4v) is 1.91. The van der Waals surface area contributed by atoms with Crippen LogP contribution in [-0.2, 0) is 13.6 Å². The molecule has 96 valence electrons. The Morgan fingerprint density at radius 1 is 1.11 bits per heavy atom. The van der Waals surface area contributed by atoms with Crippen LogP contribution in [0.1, 0.15) is 5.82 Å². The molecule has 0 saturated heterocycles. The molecule has 7 heteroatoms. The second-order valence-corrected chi connectivity index (χ2v) is 4.25. The molecule has 3 aromatic rings. The molecule has 0 atom stereocenters. The van der Waals surface area contributed by atoms with E-state index in [9.17, 15) is 0 Å². The molecule has 7 nitrogen and oxygen atoms in total. The quantitative estimate of drug-likeness (QED) is 0.689. The minimum atomic E-state index is 0.573. The van der Waals surface area contributed by atoms with Crippen LogP contribution in [0, 0.1) is 0 Å². The van der Waals surface area contributed by atoms with Gasteiger partial charge in [-0.2, -0.15) is 0 Å². The average Bonchev–Trinajstić information content (AvgIpc) is 2.82. The molecule has 0 unspecified atom stereocenters. The molecule has 0 aromatic carbocycles. The van der Waals surface area contributed by atoms with Gasteiger partial charge in [0.1, 0.15) is 12.2 Å². The maximum Gasteiger partial charge on any atom is 0.165 e. The van der Waals surface area contributed by atoms with Crippen LogP contribution in [0.15, 0.2) is 31.1 Å². The fourth-order valence-electron chi connectivity index (χ4n) is 1.91. The normalized spacial score (nSPS) is 10.8. The first kappa shape index (κ1) is 11.5. The smallest absolute Gasteiger partial charge is 0.165 e. The van der Waals surface area contributed by atoms with Crippen LogP contribution < -0.4 is 4.90 Å². The minimum absolute atomic E-state index is 0.573. The zero-order valence-corrected chi connectivity index (χ0v) is 10.7. The number of imidazole rings is 1. The largest absolute Gasteiger partial charge is 0.350 e. The first-order valence-corrected chi connectivity index (χ1v) is 5.85. The Morgan fingerprint density at radius 2 is 1.89 bits per heavy atom. The van der Waals surface area contributed by atoms with Gasteiger partial charge in [0.25, 0.3) is 0 Å². The second-order valence-electron chi connectivity index (χ2n) is 4.25. The highest BCUT2D eigenvalue weighted by atomic mass is 15.2. The van der Waals surface area contributed by atoms with E-state index in [2.05, 4.69) is 24.9 Å². The molecule has 0 aliphatic heterocycles. The Morgan fingerprint density at radius 3 is 2.68 bits per heavy atom. The molecule has 0 aliphatic rings. The van der Waals surface area contributed by atoms with Gasteiger partial charge in [0.15, 0.2) is 17.0 Å². The summed E-state index contributed by atoms with van der Waals surface area (Å²) in [6, 6.07) is 1.80. The van der Waals surface area contributed by atoms with Gasteiger partial charge >= 0.3 is 0 Å². The molecule has 0 aliphatic carbocycles. The summed E-state index contributed by atoms with van der Waals surface area (Å²) in [7, 11) is 3.85. The Kier molecular flexibility index (Phi) is 2.79. The molecule has 0 bridgehead atoms. The summed E-state index contributed by atoms with van der Waals surface area (Å²) in [5, 5.41) is 0. The highest BCUT2D eigenvalue weighted by molar-refractivity contribution is 5.82. The Hall–Kier alpha value is -2.57. The topological polar surface area (TPSA) is 72.6 Å². The number of rotatable bonds is 3. The number of nitrogens with zero attached hydrogens (tertiary/aromatic N) is 7. The van der Waals surface area contributed by atoms with Gasteiger partial charge in [-0.1, -0.05) is 0 Å². The molecule has 0 amide bonds. The third-order valence-corrected chi connectivity index (χ3v) is 2.84. The van der Waals surface area contributed by atoms with Crippen molar-refractivity contribution in [1.82, 2.24) is 29.5 Å². The van der Waals surface area contributed by atoms with Gasteiger partial charge in [-0.3, -0.25) is 0 Å². The van der Waals surface area contributed by atoms with Gasteiger partial charge < -0.3 is 9.47 Å². The number of aryl methyl sites for hydroxylation is 1. The minimum Gasteiger partial charge on any atom is -0.350 e. The fraction of sp³-hybridized carbons (Fsp3) is 0.250. The third kappa shape index (κ3) is 2.10. The van der Waals surface area contributed by atoms with Crippen molar-refractivity contribution in [2.24, 2.45) is 7.05 Å². The van der Waals surface area contributed by atoms with E-state index in [1.54, 1.807) is 31.1 Å². The van der Waals surface area contributed by atoms with E-state index < -0.39 is 0 Å². The van der Waals surface area contributed by atoms with Gasteiger partial charge in [-0.25, -0.2) is 24.9 Å². The van der Waals surface area contributed by atoms with Crippen molar-refractivity contribution in [3.8, 4) is 0 Å². The van der Waals surface area contributed by atoms with E-state index in [4.69, 9.17) is 0 Å². The molecule has 19 heavy (non-hydrogen) atoms. The summed E-state index contributed by atoms with van der Waals surface area (Å²) in [5.74, 6) is 1.52. The highest BCUT2D eigenvalue weighted by Crippen LogP contribution is 2.20. The van der Waals surface area contributed by atoms with E-state index in [0.717, 1.165) is 22.8 Å². The molecule has 3 aromatic heterocycles.